The highest BCUT2D eigenvalue weighted by Gasteiger charge is 2.20. The van der Waals surface area contributed by atoms with E-state index in [1.807, 2.05) is 31.2 Å². The topological polar surface area (TPSA) is 75.7 Å². The number of benzene rings is 1. The summed E-state index contributed by atoms with van der Waals surface area (Å²) >= 11 is 0. The average molecular weight is 314 g/mol. The van der Waals surface area contributed by atoms with E-state index in [0.717, 1.165) is 16.1 Å². The van der Waals surface area contributed by atoms with Crippen LogP contribution < -0.4 is 10.1 Å². The zero-order valence-corrected chi connectivity index (χ0v) is 13.6. The van der Waals surface area contributed by atoms with Crippen LogP contribution in [0.2, 0.25) is 0 Å². The number of likely N-dealkylation sites (N-methyl/N-ethyl adjacent to an activating group) is 1. The van der Waals surface area contributed by atoms with Gasteiger partial charge in [-0.2, -0.15) is 4.31 Å². The Morgan fingerprint density at radius 3 is 2.52 bits per heavy atom. The summed E-state index contributed by atoms with van der Waals surface area (Å²) in [6.45, 7) is 1.74. The number of nitrogens with one attached hydrogen (secondary N) is 1. The molecule has 6 nitrogen and oxygen atoms in total. The molecule has 0 bridgehead atoms. The highest BCUT2D eigenvalue weighted by atomic mass is 32.2. The smallest absolute Gasteiger partial charge is 0.235 e. The zero-order valence-electron chi connectivity index (χ0n) is 12.8. The van der Waals surface area contributed by atoms with Crippen molar-refractivity contribution >= 4 is 15.9 Å². The standard InChI is InChI=1S/C14H22N2O4S/c1-5-12(11-8-6-7-9-13(11)20-3)15-14(17)10-16(2)21(4,18)19/h6-9,12H,5,10H2,1-4H3,(H,15,17)/t12-/m1/s1. The van der Waals surface area contributed by atoms with E-state index in [1.54, 1.807) is 7.11 Å². The molecule has 0 radical (unpaired) electrons. The highest BCUT2D eigenvalue weighted by molar-refractivity contribution is 7.88. The first-order valence-electron chi connectivity index (χ1n) is 6.63. The van der Waals surface area contributed by atoms with Crippen LogP contribution in [-0.4, -0.2) is 45.6 Å². The fourth-order valence-corrected chi connectivity index (χ4v) is 2.27. The van der Waals surface area contributed by atoms with Crippen LogP contribution in [0.15, 0.2) is 24.3 Å². The van der Waals surface area contributed by atoms with Crippen molar-refractivity contribution in [2.24, 2.45) is 0 Å². The van der Waals surface area contributed by atoms with E-state index >= 15 is 0 Å². The van der Waals surface area contributed by atoms with Gasteiger partial charge in [-0.05, 0) is 12.5 Å². The van der Waals surface area contributed by atoms with Crippen LogP contribution in [-0.2, 0) is 14.8 Å². The van der Waals surface area contributed by atoms with Gasteiger partial charge < -0.3 is 10.1 Å². The third kappa shape index (κ3) is 5.02. The number of para-hydroxylation sites is 1. The van der Waals surface area contributed by atoms with Gasteiger partial charge in [0, 0.05) is 12.6 Å². The van der Waals surface area contributed by atoms with E-state index in [4.69, 9.17) is 4.74 Å². The molecule has 1 N–H and O–H groups in total. The molecular formula is C14H22N2O4S. The van der Waals surface area contributed by atoms with Gasteiger partial charge in [-0.1, -0.05) is 25.1 Å². The van der Waals surface area contributed by atoms with E-state index in [0.29, 0.717) is 12.2 Å². The molecule has 118 valence electrons. The Kier molecular flexibility index (Phi) is 6.17. The molecule has 1 rings (SSSR count). The number of methoxy groups -OCH3 is 1. The van der Waals surface area contributed by atoms with E-state index < -0.39 is 10.0 Å². The fourth-order valence-electron chi connectivity index (χ4n) is 1.91. The lowest BCUT2D eigenvalue weighted by atomic mass is 10.0. The molecule has 0 saturated heterocycles. The minimum absolute atomic E-state index is 0.204. The molecular weight excluding hydrogens is 292 g/mol. The summed E-state index contributed by atoms with van der Waals surface area (Å²) in [6.07, 6.45) is 1.74. The van der Waals surface area contributed by atoms with E-state index in [1.165, 1.54) is 7.05 Å². The quantitative estimate of drug-likeness (QED) is 0.819. The molecule has 7 heteroatoms. The van der Waals surface area contributed by atoms with Crippen LogP contribution >= 0.6 is 0 Å². The predicted molar refractivity (Wildman–Crippen MR) is 81.6 cm³/mol. The molecule has 21 heavy (non-hydrogen) atoms. The van der Waals surface area contributed by atoms with Gasteiger partial charge in [-0.25, -0.2) is 8.42 Å². The summed E-state index contributed by atoms with van der Waals surface area (Å²) < 4.78 is 28.9. The van der Waals surface area contributed by atoms with Crippen molar-refractivity contribution in [1.82, 2.24) is 9.62 Å². The molecule has 0 aliphatic heterocycles. The molecule has 0 fully saturated rings. The van der Waals surface area contributed by atoms with E-state index in [9.17, 15) is 13.2 Å². The lowest BCUT2D eigenvalue weighted by Gasteiger charge is -2.21. The maximum atomic E-state index is 12.0. The average Bonchev–Trinajstić information content (AvgIpc) is 2.43. The first-order chi connectivity index (χ1) is 9.79. The third-order valence-corrected chi connectivity index (χ3v) is 4.45. The summed E-state index contributed by atoms with van der Waals surface area (Å²) in [5.74, 6) is 0.349. The summed E-state index contributed by atoms with van der Waals surface area (Å²) in [5.41, 5.74) is 0.873. The minimum Gasteiger partial charge on any atom is -0.496 e. The van der Waals surface area contributed by atoms with Crippen molar-refractivity contribution in [2.75, 3.05) is 27.0 Å². The first kappa shape index (κ1) is 17.5. The Morgan fingerprint density at radius 2 is 2.00 bits per heavy atom. The van der Waals surface area contributed by atoms with Crippen molar-refractivity contribution in [3.63, 3.8) is 0 Å². The van der Waals surface area contributed by atoms with Gasteiger partial charge >= 0.3 is 0 Å². The Labute approximate surface area is 126 Å². The van der Waals surface area contributed by atoms with E-state index in [-0.39, 0.29) is 18.5 Å². The second-order valence-corrected chi connectivity index (χ2v) is 6.88. The van der Waals surface area contributed by atoms with Crippen LogP contribution in [0.5, 0.6) is 5.75 Å². The van der Waals surface area contributed by atoms with Gasteiger partial charge in [0.15, 0.2) is 0 Å². The third-order valence-electron chi connectivity index (χ3n) is 3.19. The second kappa shape index (κ2) is 7.42. The van der Waals surface area contributed by atoms with E-state index in [2.05, 4.69) is 5.32 Å². The minimum atomic E-state index is -3.37. The lowest BCUT2D eigenvalue weighted by Crippen LogP contribution is -2.39. The molecule has 1 aromatic rings. The first-order valence-corrected chi connectivity index (χ1v) is 8.48. The lowest BCUT2D eigenvalue weighted by molar-refractivity contribution is -0.121. The maximum absolute atomic E-state index is 12.0. The van der Waals surface area contributed by atoms with Gasteiger partial charge in [0.05, 0.1) is 26.0 Å². The van der Waals surface area contributed by atoms with Gasteiger partial charge in [0.2, 0.25) is 15.9 Å². The Bertz CT molecular complexity index is 586. The van der Waals surface area contributed by atoms with Crippen molar-refractivity contribution < 1.29 is 17.9 Å². The number of nitrogens with zero attached hydrogens (tertiary/aromatic N) is 1. The van der Waals surface area contributed by atoms with Crippen LogP contribution in [0.3, 0.4) is 0 Å². The van der Waals surface area contributed by atoms with Crippen LogP contribution in [0.4, 0.5) is 0 Å². The zero-order chi connectivity index (χ0) is 16.0. The summed E-state index contributed by atoms with van der Waals surface area (Å²) in [7, 11) is -0.422. The number of carbonyl (C=O) groups excluding carboxylic acids is 1. The summed E-state index contributed by atoms with van der Waals surface area (Å²) in [5, 5.41) is 2.84. The summed E-state index contributed by atoms with van der Waals surface area (Å²) in [4.78, 5) is 12.0. The number of hydrogen-bond acceptors (Lipinski definition) is 4. The van der Waals surface area contributed by atoms with Crippen molar-refractivity contribution in [2.45, 2.75) is 19.4 Å². The monoisotopic (exact) mass is 314 g/mol. The Morgan fingerprint density at radius 1 is 1.38 bits per heavy atom. The molecule has 0 unspecified atom stereocenters. The van der Waals surface area contributed by atoms with Gasteiger partial charge in [-0.3, -0.25) is 4.79 Å². The Hall–Kier alpha value is -1.60. The molecule has 0 saturated carbocycles. The number of ether oxygens (including phenoxy) is 1. The summed E-state index contributed by atoms with van der Waals surface area (Å²) in [6, 6.07) is 7.21. The maximum Gasteiger partial charge on any atom is 0.235 e. The van der Waals surface area contributed by atoms with Crippen molar-refractivity contribution in [1.29, 1.82) is 0 Å². The normalized spacial score (nSPS) is 13.0. The molecule has 0 aliphatic rings. The Balaban J connectivity index is 2.81. The molecule has 0 aliphatic carbocycles. The number of hydrogen-bond donors (Lipinski definition) is 1. The SMILES string of the molecule is CC[C@@H](NC(=O)CN(C)S(C)(=O)=O)c1ccccc1OC. The van der Waals surface area contributed by atoms with Gasteiger partial charge in [-0.15, -0.1) is 0 Å². The molecule has 1 amide bonds. The van der Waals surface area contributed by atoms with Crippen LogP contribution in [0.25, 0.3) is 0 Å². The van der Waals surface area contributed by atoms with Crippen LogP contribution in [0, 0.1) is 0 Å². The van der Waals surface area contributed by atoms with Gasteiger partial charge in [0.1, 0.15) is 5.75 Å². The highest BCUT2D eigenvalue weighted by Crippen LogP contribution is 2.26. The molecule has 0 heterocycles. The number of amides is 1. The second-order valence-electron chi connectivity index (χ2n) is 4.79. The largest absolute Gasteiger partial charge is 0.496 e. The van der Waals surface area contributed by atoms with Crippen molar-refractivity contribution in [3.05, 3.63) is 29.8 Å². The number of carbonyl (C=O) groups is 1. The fraction of sp³-hybridized carbons (Fsp3) is 0.500. The predicted octanol–water partition coefficient (Wildman–Crippen LogP) is 1.15. The van der Waals surface area contributed by atoms with Crippen molar-refractivity contribution in [3.8, 4) is 5.75 Å². The van der Waals surface area contributed by atoms with Gasteiger partial charge in [0.25, 0.3) is 0 Å². The van der Waals surface area contributed by atoms with Crippen LogP contribution in [0.1, 0.15) is 24.9 Å². The number of sulfonamides is 1. The molecule has 0 spiro atoms. The molecule has 1 atom stereocenters. The molecule has 1 aromatic carbocycles. The number of rotatable bonds is 7. The molecule has 0 aromatic heterocycles.